The maximum absolute atomic E-state index is 14.3. The van der Waals surface area contributed by atoms with Gasteiger partial charge >= 0.3 is 0 Å². The van der Waals surface area contributed by atoms with Crippen molar-refractivity contribution in [1.29, 1.82) is 0 Å². The Morgan fingerprint density at radius 1 is 1.25 bits per heavy atom. The van der Waals surface area contributed by atoms with Gasteiger partial charge in [-0.1, -0.05) is 25.3 Å². The van der Waals surface area contributed by atoms with Crippen molar-refractivity contribution in [3.63, 3.8) is 0 Å². The van der Waals surface area contributed by atoms with Crippen LogP contribution >= 0.6 is 0 Å². The molecule has 1 amide bonds. The van der Waals surface area contributed by atoms with Crippen molar-refractivity contribution in [3.05, 3.63) is 47.2 Å². The van der Waals surface area contributed by atoms with Crippen LogP contribution in [-0.2, 0) is 16.8 Å². The van der Waals surface area contributed by atoms with Gasteiger partial charge in [0.2, 0.25) is 17.7 Å². The average Bonchev–Trinajstić information content (AvgIpc) is 2.92. The van der Waals surface area contributed by atoms with Crippen molar-refractivity contribution < 1.29 is 18.0 Å². The smallest absolute Gasteiger partial charge is 0.230 e. The van der Waals surface area contributed by atoms with Gasteiger partial charge in [-0.2, -0.15) is 0 Å². The Kier molecular flexibility index (Phi) is 4.59. The van der Waals surface area contributed by atoms with E-state index in [4.69, 9.17) is 4.42 Å². The standard InChI is InChI=1S/C17H19F2N3O2/c1-11-21-22-16(24-11)10-15(23)20-17(7-3-2-4-8-17)13-6-5-12(18)9-14(13)19/h5-6,9H,2-4,7-8,10H2,1H3,(H,20,23). The highest BCUT2D eigenvalue weighted by molar-refractivity contribution is 5.78. The van der Waals surface area contributed by atoms with Crippen LogP contribution in [0.1, 0.15) is 49.4 Å². The maximum atomic E-state index is 14.3. The van der Waals surface area contributed by atoms with Crippen LogP contribution in [0, 0.1) is 18.6 Å². The molecular formula is C17H19F2N3O2. The molecule has 1 aliphatic rings. The number of hydrogen-bond acceptors (Lipinski definition) is 4. The number of aryl methyl sites for hydroxylation is 1. The number of carbonyl (C=O) groups excluding carboxylic acids is 1. The maximum Gasteiger partial charge on any atom is 0.230 e. The van der Waals surface area contributed by atoms with Crippen molar-refractivity contribution in [3.8, 4) is 0 Å². The fourth-order valence-corrected chi connectivity index (χ4v) is 3.35. The van der Waals surface area contributed by atoms with E-state index in [2.05, 4.69) is 15.5 Å². The summed E-state index contributed by atoms with van der Waals surface area (Å²) in [7, 11) is 0. The van der Waals surface area contributed by atoms with E-state index < -0.39 is 17.2 Å². The van der Waals surface area contributed by atoms with Crippen LogP contribution in [0.15, 0.2) is 22.6 Å². The molecule has 1 aliphatic carbocycles. The third-order valence-corrected chi connectivity index (χ3v) is 4.41. The molecule has 5 nitrogen and oxygen atoms in total. The van der Waals surface area contributed by atoms with E-state index in [1.165, 1.54) is 12.1 Å². The van der Waals surface area contributed by atoms with E-state index in [-0.39, 0.29) is 18.2 Å². The summed E-state index contributed by atoms with van der Waals surface area (Å²) in [6.07, 6.45) is 3.94. The summed E-state index contributed by atoms with van der Waals surface area (Å²) in [5.74, 6) is -0.977. The molecule has 0 atom stereocenters. The largest absolute Gasteiger partial charge is 0.425 e. The average molecular weight is 335 g/mol. The zero-order valence-corrected chi connectivity index (χ0v) is 13.4. The fourth-order valence-electron chi connectivity index (χ4n) is 3.35. The first-order valence-electron chi connectivity index (χ1n) is 8.04. The van der Waals surface area contributed by atoms with Crippen LogP contribution < -0.4 is 5.32 Å². The molecule has 7 heteroatoms. The van der Waals surface area contributed by atoms with E-state index in [9.17, 15) is 13.6 Å². The summed E-state index contributed by atoms with van der Waals surface area (Å²) < 4.78 is 32.8. The van der Waals surface area contributed by atoms with Crippen molar-refractivity contribution in [2.24, 2.45) is 0 Å². The molecule has 128 valence electrons. The Bertz CT molecular complexity index is 739. The molecule has 1 fully saturated rings. The molecule has 1 saturated carbocycles. The molecule has 1 aromatic heterocycles. The van der Waals surface area contributed by atoms with Crippen LogP contribution in [-0.4, -0.2) is 16.1 Å². The van der Waals surface area contributed by atoms with E-state index >= 15 is 0 Å². The number of hydrogen-bond donors (Lipinski definition) is 1. The van der Waals surface area contributed by atoms with E-state index in [0.717, 1.165) is 25.3 Å². The summed E-state index contributed by atoms with van der Waals surface area (Å²) >= 11 is 0. The lowest BCUT2D eigenvalue weighted by molar-refractivity contribution is -0.123. The van der Waals surface area contributed by atoms with Gasteiger partial charge in [-0.15, -0.1) is 10.2 Å². The molecule has 0 bridgehead atoms. The van der Waals surface area contributed by atoms with E-state index in [0.29, 0.717) is 24.3 Å². The summed E-state index contributed by atoms with van der Waals surface area (Å²) in [5.41, 5.74) is -0.485. The number of benzene rings is 1. The second-order valence-corrected chi connectivity index (χ2v) is 6.21. The van der Waals surface area contributed by atoms with Gasteiger partial charge in [-0.25, -0.2) is 8.78 Å². The number of nitrogens with one attached hydrogen (secondary N) is 1. The Morgan fingerprint density at radius 3 is 2.62 bits per heavy atom. The molecule has 24 heavy (non-hydrogen) atoms. The SMILES string of the molecule is Cc1nnc(CC(=O)NC2(c3ccc(F)cc3F)CCCCC2)o1. The van der Waals surface area contributed by atoms with Gasteiger partial charge in [0.15, 0.2) is 0 Å². The Hall–Kier alpha value is -2.31. The molecule has 0 saturated heterocycles. The van der Waals surface area contributed by atoms with Crippen LogP contribution in [0.25, 0.3) is 0 Å². The molecule has 2 aromatic rings. The highest BCUT2D eigenvalue weighted by atomic mass is 19.1. The van der Waals surface area contributed by atoms with E-state index in [1.54, 1.807) is 6.92 Å². The summed E-state index contributed by atoms with van der Waals surface area (Å²) in [4.78, 5) is 12.4. The topological polar surface area (TPSA) is 68.0 Å². The number of aromatic nitrogens is 2. The number of halogens is 2. The van der Waals surface area contributed by atoms with Gasteiger partial charge in [0.1, 0.15) is 18.1 Å². The Balaban J connectivity index is 1.84. The van der Waals surface area contributed by atoms with Crippen molar-refractivity contribution in [2.45, 2.75) is 51.0 Å². The summed E-state index contributed by atoms with van der Waals surface area (Å²) in [6, 6.07) is 3.51. The Morgan fingerprint density at radius 2 is 2.00 bits per heavy atom. The fraction of sp³-hybridized carbons (Fsp3) is 0.471. The number of carbonyl (C=O) groups is 1. The second-order valence-electron chi connectivity index (χ2n) is 6.21. The molecular weight excluding hydrogens is 316 g/mol. The van der Waals surface area contributed by atoms with Gasteiger partial charge in [0.25, 0.3) is 0 Å². The monoisotopic (exact) mass is 335 g/mol. The van der Waals surface area contributed by atoms with Crippen LogP contribution in [0.5, 0.6) is 0 Å². The second kappa shape index (κ2) is 6.67. The molecule has 0 unspecified atom stereocenters. The minimum absolute atomic E-state index is 0.0641. The first-order chi connectivity index (χ1) is 11.5. The van der Waals surface area contributed by atoms with Gasteiger partial charge in [-0.05, 0) is 18.9 Å². The third kappa shape index (κ3) is 3.44. The molecule has 3 rings (SSSR count). The molecule has 0 radical (unpaired) electrons. The quantitative estimate of drug-likeness (QED) is 0.932. The van der Waals surface area contributed by atoms with Gasteiger partial charge in [0.05, 0.1) is 5.54 Å². The molecule has 1 heterocycles. The van der Waals surface area contributed by atoms with Crippen molar-refractivity contribution in [2.75, 3.05) is 0 Å². The van der Waals surface area contributed by atoms with Crippen molar-refractivity contribution >= 4 is 5.91 Å². The third-order valence-electron chi connectivity index (χ3n) is 4.41. The van der Waals surface area contributed by atoms with E-state index in [1.807, 2.05) is 0 Å². The summed E-state index contributed by atoms with van der Waals surface area (Å²) in [6.45, 7) is 1.64. The van der Waals surface area contributed by atoms with Gasteiger partial charge in [-0.3, -0.25) is 4.79 Å². The predicted octanol–water partition coefficient (Wildman–Crippen LogP) is 3.17. The number of amides is 1. The van der Waals surface area contributed by atoms with Crippen LogP contribution in [0.4, 0.5) is 8.78 Å². The lowest BCUT2D eigenvalue weighted by Gasteiger charge is -2.38. The molecule has 0 aliphatic heterocycles. The lowest BCUT2D eigenvalue weighted by atomic mass is 9.76. The van der Waals surface area contributed by atoms with Gasteiger partial charge in [0, 0.05) is 18.6 Å². The minimum Gasteiger partial charge on any atom is -0.425 e. The van der Waals surface area contributed by atoms with Crippen LogP contribution in [0.3, 0.4) is 0 Å². The Labute approximate surface area is 138 Å². The van der Waals surface area contributed by atoms with Gasteiger partial charge < -0.3 is 9.73 Å². The zero-order valence-electron chi connectivity index (χ0n) is 13.4. The zero-order chi connectivity index (χ0) is 17.2. The highest BCUT2D eigenvalue weighted by Gasteiger charge is 2.37. The highest BCUT2D eigenvalue weighted by Crippen LogP contribution is 2.38. The first-order valence-corrected chi connectivity index (χ1v) is 8.04. The van der Waals surface area contributed by atoms with Crippen molar-refractivity contribution in [1.82, 2.24) is 15.5 Å². The number of nitrogens with zero attached hydrogens (tertiary/aromatic N) is 2. The first kappa shape index (κ1) is 16.5. The minimum atomic E-state index is -0.817. The lowest BCUT2D eigenvalue weighted by Crippen LogP contribution is -2.48. The molecule has 1 N–H and O–H groups in total. The predicted molar refractivity (Wildman–Crippen MR) is 82.0 cm³/mol. The normalized spacial score (nSPS) is 16.8. The van der Waals surface area contributed by atoms with Crippen LogP contribution in [0.2, 0.25) is 0 Å². The molecule has 1 aromatic carbocycles. The number of rotatable bonds is 4. The molecule has 0 spiro atoms. The summed E-state index contributed by atoms with van der Waals surface area (Å²) in [5, 5.41) is 10.4.